The van der Waals surface area contributed by atoms with Crippen LogP contribution in [0.2, 0.25) is 0 Å². The topological polar surface area (TPSA) is 69.7 Å². The van der Waals surface area contributed by atoms with E-state index in [9.17, 15) is 13.2 Å². The third-order valence-electron chi connectivity index (χ3n) is 1.46. The Morgan fingerprint density at radius 1 is 1.31 bits per heavy atom. The molecular weight excluding hydrogens is 243 g/mol. The van der Waals surface area contributed by atoms with Crippen LogP contribution in [0.15, 0.2) is 12.3 Å². The van der Waals surface area contributed by atoms with E-state index >= 15 is 0 Å². The predicted molar refractivity (Wildman–Crippen MR) is 50.6 cm³/mol. The second kappa shape index (κ2) is 5.24. The molecule has 0 radical (unpaired) electrons. The molecule has 0 atom stereocenters. The van der Waals surface area contributed by atoms with Crippen molar-refractivity contribution in [2.24, 2.45) is 0 Å². The average Bonchev–Trinajstić information content (AvgIpc) is 2.16. The quantitative estimate of drug-likeness (QED) is 0.711. The van der Waals surface area contributed by atoms with Gasteiger partial charge in [-0.15, -0.1) is 5.26 Å². The number of hydrogen-bond donors (Lipinski definition) is 0. The zero-order valence-electron chi connectivity index (χ0n) is 7.54. The van der Waals surface area contributed by atoms with Crippen molar-refractivity contribution in [3.8, 4) is 18.1 Å². The van der Waals surface area contributed by atoms with E-state index in [4.69, 9.17) is 10.5 Å². The fraction of sp³-hybridized carbons (Fsp3) is 0.125. The molecule has 0 bridgehead atoms. The summed E-state index contributed by atoms with van der Waals surface area (Å²) < 4.78 is 41.4. The third kappa shape index (κ3) is 2.78. The molecule has 1 aromatic heterocycles. The van der Waals surface area contributed by atoms with Gasteiger partial charge in [0.2, 0.25) is 0 Å². The van der Waals surface area contributed by atoms with E-state index in [-0.39, 0.29) is 13.5 Å². The summed E-state index contributed by atoms with van der Waals surface area (Å²) in [4.78, 5) is 3.24. The Balaban J connectivity index is 0.00000225. The van der Waals surface area contributed by atoms with Crippen LogP contribution >= 0.6 is 13.5 Å². The maximum absolute atomic E-state index is 12.4. The van der Waals surface area contributed by atoms with Gasteiger partial charge < -0.3 is 4.74 Å². The van der Waals surface area contributed by atoms with Crippen LogP contribution in [0, 0.1) is 22.8 Å². The number of nitrogens with zero attached hydrogens (tertiary/aromatic N) is 3. The summed E-state index contributed by atoms with van der Waals surface area (Å²) in [6.07, 6.45) is -2.72. The monoisotopic (exact) mass is 247 g/mol. The lowest BCUT2D eigenvalue weighted by Gasteiger charge is -2.10. The second-order valence-electron chi connectivity index (χ2n) is 2.34. The number of rotatable bonds is 1. The van der Waals surface area contributed by atoms with Gasteiger partial charge in [0, 0.05) is 12.3 Å². The van der Waals surface area contributed by atoms with Crippen LogP contribution in [0.1, 0.15) is 11.3 Å². The normalized spacial score (nSPS) is 9.56. The molecular formula is C8H4F3N3OS. The molecule has 1 rings (SSSR count). The second-order valence-corrected chi connectivity index (χ2v) is 2.34. The van der Waals surface area contributed by atoms with Gasteiger partial charge >= 0.3 is 6.18 Å². The summed E-state index contributed by atoms with van der Waals surface area (Å²) in [6, 6.07) is 2.15. The van der Waals surface area contributed by atoms with Gasteiger partial charge in [-0.05, 0) is 0 Å². The summed E-state index contributed by atoms with van der Waals surface area (Å²) in [5.74, 6) is -0.725. The highest BCUT2D eigenvalue weighted by Crippen LogP contribution is 2.37. The molecule has 1 heterocycles. The lowest BCUT2D eigenvalue weighted by Crippen LogP contribution is -2.11. The van der Waals surface area contributed by atoms with Crippen molar-refractivity contribution < 1.29 is 17.9 Å². The molecule has 0 N–H and O–H groups in total. The van der Waals surface area contributed by atoms with Crippen molar-refractivity contribution in [2.75, 3.05) is 0 Å². The van der Waals surface area contributed by atoms with Gasteiger partial charge in [-0.1, -0.05) is 0 Å². The molecule has 84 valence electrons. The standard InChI is InChI=1S/C8H2F3N3O.H2S/c9-8(10,11)7-5(3-12)14-2-1-6(7)15-4-13;/h1-2H;1H2. The van der Waals surface area contributed by atoms with Gasteiger partial charge in [-0.3, -0.25) is 0 Å². The molecule has 0 unspecified atom stereocenters. The van der Waals surface area contributed by atoms with E-state index in [1.165, 1.54) is 6.07 Å². The summed E-state index contributed by atoms with van der Waals surface area (Å²) in [6.45, 7) is 0. The van der Waals surface area contributed by atoms with E-state index in [1.54, 1.807) is 0 Å². The molecule has 0 fully saturated rings. The minimum Gasteiger partial charge on any atom is -0.387 e. The van der Waals surface area contributed by atoms with Gasteiger partial charge in [0.1, 0.15) is 11.6 Å². The van der Waals surface area contributed by atoms with E-state index in [0.29, 0.717) is 0 Å². The highest BCUT2D eigenvalue weighted by molar-refractivity contribution is 7.59. The van der Waals surface area contributed by atoms with Gasteiger partial charge in [0.25, 0.3) is 6.26 Å². The van der Waals surface area contributed by atoms with Gasteiger partial charge in [-0.25, -0.2) is 4.98 Å². The van der Waals surface area contributed by atoms with Crippen molar-refractivity contribution in [3.05, 3.63) is 23.5 Å². The van der Waals surface area contributed by atoms with Crippen molar-refractivity contribution >= 4 is 13.5 Å². The van der Waals surface area contributed by atoms with Crippen molar-refractivity contribution in [2.45, 2.75) is 6.18 Å². The number of ether oxygens (including phenoxy) is 1. The molecule has 0 aliphatic heterocycles. The lowest BCUT2D eigenvalue weighted by molar-refractivity contribution is -0.139. The number of pyridine rings is 1. The molecule has 0 saturated carbocycles. The Morgan fingerprint density at radius 3 is 2.38 bits per heavy atom. The van der Waals surface area contributed by atoms with Crippen molar-refractivity contribution in [1.82, 2.24) is 4.98 Å². The Labute approximate surface area is 95.3 Å². The number of alkyl halides is 3. The van der Waals surface area contributed by atoms with Crippen LogP contribution in [-0.2, 0) is 6.18 Å². The van der Waals surface area contributed by atoms with E-state index in [1.807, 2.05) is 0 Å². The molecule has 0 aliphatic carbocycles. The van der Waals surface area contributed by atoms with E-state index in [2.05, 4.69) is 9.72 Å². The Bertz CT molecular complexity index is 461. The first kappa shape index (κ1) is 14.1. The van der Waals surface area contributed by atoms with Gasteiger partial charge in [0.15, 0.2) is 11.4 Å². The lowest BCUT2D eigenvalue weighted by atomic mass is 10.2. The zero-order valence-corrected chi connectivity index (χ0v) is 8.54. The smallest absolute Gasteiger partial charge is 0.387 e. The summed E-state index contributed by atoms with van der Waals surface area (Å²) in [7, 11) is 0. The Morgan fingerprint density at radius 2 is 1.94 bits per heavy atom. The molecule has 1 aromatic rings. The first-order valence-corrected chi connectivity index (χ1v) is 3.53. The number of nitriles is 2. The maximum Gasteiger partial charge on any atom is 0.422 e. The largest absolute Gasteiger partial charge is 0.422 e. The first-order chi connectivity index (χ1) is 7.00. The van der Waals surface area contributed by atoms with Gasteiger partial charge in [0.05, 0.1) is 0 Å². The maximum atomic E-state index is 12.4. The van der Waals surface area contributed by atoms with E-state index in [0.717, 1.165) is 18.5 Å². The SMILES string of the molecule is N#COc1ccnc(C#N)c1C(F)(F)F.S. The van der Waals surface area contributed by atoms with Crippen molar-refractivity contribution in [1.29, 1.82) is 10.5 Å². The molecule has 0 amide bonds. The van der Waals surface area contributed by atoms with Crippen LogP contribution in [0.3, 0.4) is 0 Å². The fourth-order valence-electron chi connectivity index (χ4n) is 0.937. The Kier molecular flexibility index (Phi) is 4.60. The molecule has 8 heteroatoms. The minimum atomic E-state index is -4.79. The third-order valence-corrected chi connectivity index (χ3v) is 1.46. The molecule has 0 aromatic carbocycles. The number of hydrogen-bond acceptors (Lipinski definition) is 4. The van der Waals surface area contributed by atoms with Crippen LogP contribution in [0.25, 0.3) is 0 Å². The highest BCUT2D eigenvalue weighted by atomic mass is 32.1. The van der Waals surface area contributed by atoms with Crippen LogP contribution in [-0.4, -0.2) is 4.98 Å². The molecule has 0 aliphatic rings. The number of aromatic nitrogens is 1. The summed E-state index contributed by atoms with van der Waals surface area (Å²) in [5.41, 5.74) is -2.16. The van der Waals surface area contributed by atoms with E-state index < -0.39 is 23.2 Å². The van der Waals surface area contributed by atoms with Crippen LogP contribution in [0.5, 0.6) is 5.75 Å². The summed E-state index contributed by atoms with van der Waals surface area (Å²) >= 11 is 0. The molecule has 0 saturated heterocycles. The van der Waals surface area contributed by atoms with Crippen LogP contribution < -0.4 is 4.74 Å². The average molecular weight is 247 g/mol. The fourth-order valence-corrected chi connectivity index (χ4v) is 0.937. The van der Waals surface area contributed by atoms with Crippen molar-refractivity contribution in [3.63, 3.8) is 0 Å². The summed E-state index contributed by atoms with van der Waals surface area (Å²) in [5, 5.41) is 16.6. The van der Waals surface area contributed by atoms with Gasteiger partial charge in [-0.2, -0.15) is 31.9 Å². The first-order valence-electron chi connectivity index (χ1n) is 3.53. The zero-order chi connectivity index (χ0) is 11.5. The van der Waals surface area contributed by atoms with Crippen LogP contribution in [0.4, 0.5) is 13.2 Å². The molecule has 16 heavy (non-hydrogen) atoms. The highest BCUT2D eigenvalue weighted by Gasteiger charge is 2.38. The number of halogens is 3. The predicted octanol–water partition coefficient (Wildman–Crippen LogP) is 1.94. The Hall–Kier alpha value is -1.93. The molecule has 0 spiro atoms. The minimum absolute atomic E-state index is 0. The molecule has 4 nitrogen and oxygen atoms in total.